The van der Waals surface area contributed by atoms with Crippen molar-refractivity contribution in [2.45, 2.75) is 50.0 Å². The number of piperidine rings is 2. The van der Waals surface area contributed by atoms with Gasteiger partial charge < -0.3 is 20.1 Å². The minimum atomic E-state index is -2.65. The zero-order valence-corrected chi connectivity index (χ0v) is 18.0. The lowest BCUT2D eigenvalue weighted by Gasteiger charge is -2.45. The second-order valence-corrected chi connectivity index (χ2v) is 8.52. The van der Waals surface area contributed by atoms with Gasteiger partial charge in [-0.25, -0.2) is 9.37 Å². The van der Waals surface area contributed by atoms with Crippen LogP contribution in [0.2, 0.25) is 0 Å². The van der Waals surface area contributed by atoms with E-state index in [2.05, 4.69) is 30.7 Å². The number of benzene rings is 1. The van der Waals surface area contributed by atoms with Crippen molar-refractivity contribution in [1.82, 2.24) is 30.7 Å². The SMILES string of the molecule is [2H]C([2H])([2H])Oc1cc(-c2ccc(-c3ncc(N(C)[C@@H]4C[C@H]5CCC[C@@H](N5)[C@@H]4F)nn3)c(O)c2)cnn1. The first kappa shape index (κ1) is 18.1. The van der Waals surface area contributed by atoms with Crippen molar-refractivity contribution >= 4 is 5.82 Å². The standard InChI is InChI=1S/C23H26FN7O2/c1-31(18-10-15-4-3-5-17(27-15)22(18)24)20-12-25-23(30-28-20)16-7-6-13(8-19(16)32)14-9-21(33-2)29-26-11-14/h6-9,11-12,15,17-18,22,27,32H,3-5,10H2,1-2H3/t15-,17-,18-,22+/m1/s1/i2D3. The summed E-state index contributed by atoms with van der Waals surface area (Å²) in [5.41, 5.74) is 1.44. The molecule has 2 aromatic heterocycles. The maximum atomic E-state index is 15.1. The molecule has 2 N–H and O–H groups in total. The van der Waals surface area contributed by atoms with Crippen LogP contribution in [0.3, 0.4) is 0 Å². The van der Waals surface area contributed by atoms with E-state index >= 15 is 4.39 Å². The number of phenolic OH excluding ortho intramolecular Hbond substituents is 1. The highest BCUT2D eigenvalue weighted by molar-refractivity contribution is 5.72. The molecule has 0 aliphatic carbocycles. The van der Waals surface area contributed by atoms with Crippen LogP contribution in [0, 0.1) is 0 Å². The molecule has 9 nitrogen and oxygen atoms in total. The Balaban J connectivity index is 1.33. The molecule has 33 heavy (non-hydrogen) atoms. The van der Waals surface area contributed by atoms with Crippen LogP contribution in [-0.2, 0) is 0 Å². The molecule has 0 unspecified atom stereocenters. The summed E-state index contributed by atoms with van der Waals surface area (Å²) in [6.45, 7) is 0. The van der Waals surface area contributed by atoms with E-state index in [0.29, 0.717) is 35.0 Å². The Morgan fingerprint density at radius 1 is 1.18 bits per heavy atom. The van der Waals surface area contributed by atoms with Crippen molar-refractivity contribution in [2.75, 3.05) is 19.0 Å². The first-order valence-electron chi connectivity index (χ1n) is 12.4. The molecule has 2 fully saturated rings. The van der Waals surface area contributed by atoms with Crippen molar-refractivity contribution < 1.29 is 18.3 Å². The van der Waals surface area contributed by atoms with Gasteiger partial charge in [0.2, 0.25) is 5.88 Å². The summed E-state index contributed by atoms with van der Waals surface area (Å²) in [5, 5.41) is 29.9. The Labute approximate surface area is 195 Å². The normalized spacial score (nSPS) is 26.1. The van der Waals surface area contributed by atoms with E-state index in [0.717, 1.165) is 19.3 Å². The Morgan fingerprint density at radius 3 is 2.88 bits per heavy atom. The van der Waals surface area contributed by atoms with Gasteiger partial charge in [-0.3, -0.25) is 0 Å². The molecule has 2 bridgehead atoms. The summed E-state index contributed by atoms with van der Waals surface area (Å²) in [4.78, 5) is 6.17. The summed E-state index contributed by atoms with van der Waals surface area (Å²) >= 11 is 0. The van der Waals surface area contributed by atoms with Gasteiger partial charge in [-0.1, -0.05) is 12.5 Å². The van der Waals surface area contributed by atoms with Crippen molar-refractivity contribution in [1.29, 1.82) is 0 Å². The number of hydrogen-bond donors (Lipinski definition) is 2. The Kier molecular flexibility index (Phi) is 4.85. The molecule has 2 aliphatic rings. The number of aromatic nitrogens is 5. The van der Waals surface area contributed by atoms with Gasteiger partial charge in [-0.05, 0) is 37.0 Å². The molecular weight excluding hydrogens is 425 g/mol. The van der Waals surface area contributed by atoms with Gasteiger partial charge in [0.05, 0.1) is 35.1 Å². The number of nitrogens with one attached hydrogen (secondary N) is 1. The number of ether oxygens (including phenoxy) is 1. The lowest BCUT2D eigenvalue weighted by atomic mass is 9.82. The molecule has 3 aromatic rings. The fourth-order valence-corrected chi connectivity index (χ4v) is 4.73. The van der Waals surface area contributed by atoms with Gasteiger partial charge in [0, 0.05) is 30.8 Å². The average Bonchev–Trinajstić information content (AvgIpc) is 2.85. The predicted molar refractivity (Wildman–Crippen MR) is 121 cm³/mol. The van der Waals surface area contributed by atoms with Crippen LogP contribution in [0.15, 0.2) is 36.7 Å². The fraction of sp³-hybridized carbons (Fsp3) is 0.435. The number of hydrogen-bond acceptors (Lipinski definition) is 9. The second-order valence-electron chi connectivity index (χ2n) is 8.52. The molecule has 172 valence electrons. The molecule has 2 aliphatic heterocycles. The van der Waals surface area contributed by atoms with Crippen LogP contribution in [0.1, 0.15) is 29.8 Å². The minimum absolute atomic E-state index is 0.0968. The predicted octanol–water partition coefficient (Wildman–Crippen LogP) is 2.77. The molecule has 5 rings (SSSR count). The van der Waals surface area contributed by atoms with Crippen LogP contribution in [-0.4, -0.2) is 68.9 Å². The number of anilines is 1. The number of alkyl halides is 1. The summed E-state index contributed by atoms with van der Waals surface area (Å²) in [6, 6.07) is 6.11. The van der Waals surface area contributed by atoms with Gasteiger partial charge in [-0.15, -0.1) is 15.3 Å². The van der Waals surface area contributed by atoms with E-state index in [9.17, 15) is 5.11 Å². The van der Waals surface area contributed by atoms with Crippen LogP contribution >= 0.6 is 0 Å². The average molecular weight is 455 g/mol. The number of halogens is 1. The summed E-state index contributed by atoms with van der Waals surface area (Å²) in [6.07, 6.45) is 5.59. The van der Waals surface area contributed by atoms with E-state index in [-0.39, 0.29) is 29.5 Å². The largest absolute Gasteiger partial charge is 0.507 e. The van der Waals surface area contributed by atoms with Crippen LogP contribution in [0.25, 0.3) is 22.5 Å². The number of methoxy groups -OCH3 is 1. The van der Waals surface area contributed by atoms with Gasteiger partial charge in [0.25, 0.3) is 0 Å². The minimum Gasteiger partial charge on any atom is -0.507 e. The van der Waals surface area contributed by atoms with E-state index in [1.807, 2.05) is 7.05 Å². The monoisotopic (exact) mass is 454 g/mol. The van der Waals surface area contributed by atoms with Crippen molar-refractivity contribution in [3.05, 3.63) is 36.7 Å². The van der Waals surface area contributed by atoms with Gasteiger partial charge in [-0.2, -0.15) is 5.10 Å². The molecule has 0 spiro atoms. The Morgan fingerprint density at radius 2 is 2.09 bits per heavy atom. The van der Waals surface area contributed by atoms with Gasteiger partial charge in [0.1, 0.15) is 11.9 Å². The molecule has 0 saturated carbocycles. The number of nitrogens with zero attached hydrogens (tertiary/aromatic N) is 6. The number of rotatable bonds is 5. The van der Waals surface area contributed by atoms with Crippen LogP contribution < -0.4 is 15.0 Å². The lowest BCUT2D eigenvalue weighted by molar-refractivity contribution is 0.107. The molecule has 10 heteroatoms. The third-order valence-corrected chi connectivity index (χ3v) is 6.51. The Hall–Kier alpha value is -3.40. The molecular formula is C23H26FN7O2. The maximum Gasteiger partial charge on any atom is 0.233 e. The molecule has 1 aromatic carbocycles. The molecule has 4 atom stereocenters. The third kappa shape index (κ3) is 4.18. The van der Waals surface area contributed by atoms with E-state index in [4.69, 9.17) is 8.85 Å². The summed E-state index contributed by atoms with van der Waals surface area (Å²) in [5.74, 6) is 0.429. The number of fused-ring (bicyclic) bond motifs is 2. The highest BCUT2D eigenvalue weighted by atomic mass is 19.1. The molecule has 2 saturated heterocycles. The highest BCUT2D eigenvalue weighted by Crippen LogP contribution is 2.34. The maximum absolute atomic E-state index is 15.1. The molecule has 0 amide bonds. The lowest BCUT2D eigenvalue weighted by Crippen LogP contribution is -2.61. The highest BCUT2D eigenvalue weighted by Gasteiger charge is 2.42. The second kappa shape index (κ2) is 8.86. The van der Waals surface area contributed by atoms with Gasteiger partial charge >= 0.3 is 0 Å². The summed E-state index contributed by atoms with van der Waals surface area (Å²) in [7, 11) is -0.843. The smallest absolute Gasteiger partial charge is 0.233 e. The quantitative estimate of drug-likeness (QED) is 0.601. The first-order valence-corrected chi connectivity index (χ1v) is 10.9. The van der Waals surface area contributed by atoms with E-state index in [1.165, 1.54) is 24.5 Å². The number of aromatic hydroxyl groups is 1. The van der Waals surface area contributed by atoms with Gasteiger partial charge in [0.15, 0.2) is 11.6 Å². The van der Waals surface area contributed by atoms with E-state index < -0.39 is 13.2 Å². The zero-order chi connectivity index (χ0) is 25.4. The topological polar surface area (TPSA) is 109 Å². The first-order chi connectivity index (χ1) is 17.2. The molecule has 0 radical (unpaired) electrons. The fourth-order valence-electron chi connectivity index (χ4n) is 4.73. The van der Waals surface area contributed by atoms with Crippen molar-refractivity contribution in [3.63, 3.8) is 0 Å². The Bertz CT molecular complexity index is 1230. The van der Waals surface area contributed by atoms with Crippen LogP contribution in [0.4, 0.5) is 10.2 Å². The number of phenols is 1. The van der Waals surface area contributed by atoms with Crippen molar-refractivity contribution in [3.8, 4) is 34.1 Å². The van der Waals surface area contributed by atoms with Crippen molar-refractivity contribution in [2.24, 2.45) is 0 Å². The van der Waals surface area contributed by atoms with Crippen LogP contribution in [0.5, 0.6) is 11.6 Å². The third-order valence-electron chi connectivity index (χ3n) is 6.51. The zero-order valence-electron chi connectivity index (χ0n) is 21.0. The summed E-state index contributed by atoms with van der Waals surface area (Å²) < 4.78 is 41.5. The van der Waals surface area contributed by atoms with E-state index in [1.54, 1.807) is 17.0 Å². The molecule has 4 heterocycles.